The van der Waals surface area contributed by atoms with Gasteiger partial charge in [0.05, 0.1) is 26.4 Å². The topological polar surface area (TPSA) is 144 Å². The number of carbonyl (C=O) groups is 2. The van der Waals surface area contributed by atoms with Crippen LogP contribution in [0.4, 0.5) is 0 Å². The smallest absolute Gasteiger partial charge is 0.288 e. The van der Waals surface area contributed by atoms with Crippen molar-refractivity contribution < 1.29 is 32.2 Å². The van der Waals surface area contributed by atoms with Crippen molar-refractivity contribution in [2.75, 3.05) is 45.8 Å². The number of hydrogen-bond donors (Lipinski definition) is 3. The molecule has 2 amide bonds. The molecule has 0 spiro atoms. The first-order valence-electron chi connectivity index (χ1n) is 16.6. The van der Waals surface area contributed by atoms with Crippen LogP contribution < -0.4 is 16.1 Å². The molecule has 0 radical (unpaired) electrons. The van der Waals surface area contributed by atoms with Crippen LogP contribution in [-0.4, -0.2) is 77.5 Å². The summed E-state index contributed by atoms with van der Waals surface area (Å²) in [5.41, 5.74) is 2.20. The van der Waals surface area contributed by atoms with E-state index in [4.69, 9.17) is 14.2 Å². The maximum absolute atomic E-state index is 12.3. The molecule has 11 nitrogen and oxygen atoms in total. The molecule has 1 aromatic rings. The highest BCUT2D eigenvalue weighted by Gasteiger charge is 2.29. The predicted molar refractivity (Wildman–Crippen MR) is 182 cm³/mol. The summed E-state index contributed by atoms with van der Waals surface area (Å²) in [4.78, 5) is 24.3. The van der Waals surface area contributed by atoms with Gasteiger partial charge in [-0.2, -0.15) is 0 Å². The molecule has 0 aliphatic carbocycles. The fourth-order valence-electron chi connectivity index (χ4n) is 4.45. The quantitative estimate of drug-likeness (QED) is 0.0930. The van der Waals surface area contributed by atoms with E-state index in [2.05, 4.69) is 52.4 Å². The third-order valence-corrected chi connectivity index (χ3v) is 8.08. The van der Waals surface area contributed by atoms with Gasteiger partial charge in [0.1, 0.15) is 0 Å². The molecule has 1 unspecified atom stereocenters. The number of unbranched alkanes of at least 4 members (excludes halogenated alkanes) is 8. The van der Waals surface area contributed by atoms with Gasteiger partial charge in [-0.1, -0.05) is 63.3 Å². The Labute approximate surface area is 275 Å². The van der Waals surface area contributed by atoms with Gasteiger partial charge >= 0.3 is 0 Å². The summed E-state index contributed by atoms with van der Waals surface area (Å²) >= 11 is 0. The predicted octanol–water partition coefficient (Wildman–Crippen LogP) is 4.99. The van der Waals surface area contributed by atoms with E-state index < -0.39 is 15.4 Å². The van der Waals surface area contributed by atoms with Gasteiger partial charge in [0.15, 0.2) is 0 Å². The molecule has 1 aliphatic heterocycles. The van der Waals surface area contributed by atoms with Crippen LogP contribution in [0.3, 0.4) is 0 Å². The molecule has 0 saturated carbocycles. The van der Waals surface area contributed by atoms with Gasteiger partial charge in [-0.05, 0) is 62.8 Å². The molecule has 1 aliphatic rings. The van der Waals surface area contributed by atoms with Crippen molar-refractivity contribution in [2.45, 2.75) is 89.5 Å². The van der Waals surface area contributed by atoms with E-state index in [9.17, 15) is 18.0 Å². The minimum absolute atomic E-state index is 0.0640. The molecule has 2 rings (SSSR count). The van der Waals surface area contributed by atoms with Crippen LogP contribution in [0, 0.1) is 0 Å². The number of nitrogens with zero attached hydrogens (tertiary/aromatic N) is 1. The lowest BCUT2D eigenvalue weighted by Gasteiger charge is -2.09. The molecular weight excluding hydrogens is 608 g/mol. The Morgan fingerprint density at radius 3 is 2.09 bits per heavy atom. The summed E-state index contributed by atoms with van der Waals surface area (Å²) in [6, 6.07) is 6.48. The van der Waals surface area contributed by atoms with Crippen LogP contribution in [-0.2, 0) is 28.8 Å². The van der Waals surface area contributed by atoms with Gasteiger partial charge in [-0.3, -0.25) is 15.0 Å². The Balaban J connectivity index is 1.36. The third-order valence-electron chi connectivity index (χ3n) is 7.10. The zero-order valence-corrected chi connectivity index (χ0v) is 28.5. The first-order chi connectivity index (χ1) is 22.3. The van der Waals surface area contributed by atoms with Crippen molar-refractivity contribution >= 4 is 27.5 Å². The number of sulfone groups is 1. The molecule has 0 saturated heterocycles. The van der Waals surface area contributed by atoms with Crippen molar-refractivity contribution in [1.82, 2.24) is 16.1 Å². The Morgan fingerprint density at radius 1 is 0.848 bits per heavy atom. The number of nitrogens with one attached hydrogen (secondary N) is 3. The number of amides is 2. The lowest BCUT2D eigenvalue weighted by molar-refractivity contribution is -0.121. The second-order valence-corrected chi connectivity index (χ2v) is 13.3. The number of ether oxygens (including phenoxy) is 3. The Morgan fingerprint density at radius 2 is 1.46 bits per heavy atom. The summed E-state index contributed by atoms with van der Waals surface area (Å²) in [7, 11) is -3.45. The van der Waals surface area contributed by atoms with Crippen LogP contribution in [0.2, 0.25) is 0 Å². The van der Waals surface area contributed by atoms with Crippen molar-refractivity contribution in [3.63, 3.8) is 0 Å². The van der Waals surface area contributed by atoms with E-state index >= 15 is 0 Å². The third kappa shape index (κ3) is 18.1. The number of hydrogen-bond acceptors (Lipinski definition) is 9. The highest BCUT2D eigenvalue weighted by Crippen LogP contribution is 2.14. The van der Waals surface area contributed by atoms with E-state index in [0.717, 1.165) is 31.9 Å². The zero-order chi connectivity index (χ0) is 33.3. The second-order valence-electron chi connectivity index (χ2n) is 11.2. The van der Waals surface area contributed by atoms with Crippen LogP contribution in [0.1, 0.15) is 99.9 Å². The number of benzene rings is 1. The van der Waals surface area contributed by atoms with Gasteiger partial charge in [0.25, 0.3) is 11.5 Å². The first kappa shape index (κ1) is 39.0. The van der Waals surface area contributed by atoms with Crippen LogP contribution in [0.25, 0.3) is 0 Å². The van der Waals surface area contributed by atoms with Crippen LogP contribution in [0.5, 0.6) is 0 Å². The van der Waals surface area contributed by atoms with Crippen molar-refractivity contribution in [1.29, 1.82) is 0 Å². The first-order valence-corrected chi connectivity index (χ1v) is 18.6. The van der Waals surface area contributed by atoms with Crippen LogP contribution >= 0.6 is 0 Å². The molecule has 46 heavy (non-hydrogen) atoms. The van der Waals surface area contributed by atoms with Gasteiger partial charge in [0.2, 0.25) is 21.6 Å². The summed E-state index contributed by atoms with van der Waals surface area (Å²) in [6.45, 7) is 4.58. The van der Waals surface area contributed by atoms with E-state index in [1.54, 1.807) is 24.3 Å². The molecule has 0 fully saturated rings. The Bertz CT molecular complexity index is 1200. The minimum Gasteiger partial charge on any atom is -0.436 e. The highest BCUT2D eigenvalue weighted by atomic mass is 32.2. The van der Waals surface area contributed by atoms with E-state index in [-0.39, 0.29) is 17.7 Å². The fraction of sp³-hybridized carbons (Fsp3) is 0.618. The molecular formula is C34H54N4O7S. The lowest BCUT2D eigenvalue weighted by atomic mass is 10.1. The maximum atomic E-state index is 12.3. The summed E-state index contributed by atoms with van der Waals surface area (Å²) < 4.78 is 39.4. The molecule has 1 heterocycles. The summed E-state index contributed by atoms with van der Waals surface area (Å²) in [5, 5.41) is 9.56. The number of rotatable bonds is 26. The average Bonchev–Trinajstić information content (AvgIpc) is 3.55. The average molecular weight is 663 g/mol. The maximum Gasteiger partial charge on any atom is 0.288 e. The van der Waals surface area contributed by atoms with Crippen molar-refractivity contribution in [3.05, 3.63) is 59.7 Å². The van der Waals surface area contributed by atoms with Gasteiger partial charge < -0.3 is 24.8 Å². The standard InChI is InChI=1S/C34H54N4O7S/c1-3-4-5-6-7-8-9-10-11-12-13-14-15-16-17-18-31(39)35-23-25-43-27-28-44-26-24-36-32(40)29-19-21-30(22-20-29)33-37-38-34(45-33)46(2,41)42/h7-8,10-11,19-22,34,38H,3-6,9,12-18,23-28H2,1-2H3,(H,35,39)(H,36,40)/b8-7-,11-10-. The second kappa shape index (κ2) is 24.0. The zero-order valence-electron chi connectivity index (χ0n) is 27.6. The molecule has 3 N–H and O–H groups in total. The summed E-state index contributed by atoms with van der Waals surface area (Å²) in [6.07, 6.45) is 23.5. The molecule has 0 bridgehead atoms. The van der Waals surface area contributed by atoms with Gasteiger partial charge in [-0.25, -0.2) is 8.42 Å². The molecule has 1 aromatic carbocycles. The van der Waals surface area contributed by atoms with Crippen molar-refractivity contribution in [3.8, 4) is 0 Å². The highest BCUT2D eigenvalue weighted by molar-refractivity contribution is 7.91. The molecule has 0 aromatic heterocycles. The van der Waals surface area contributed by atoms with Gasteiger partial charge in [0, 0.05) is 36.9 Å². The number of allylic oxidation sites excluding steroid dienone is 4. The lowest BCUT2D eigenvalue weighted by Crippen LogP contribution is -2.30. The SMILES string of the molecule is CCCCC/C=C\C/C=C\CCCCCCCC(=O)NCCOCCOCCNC(=O)c1ccc(C2=NNC(S(C)(=O)=O)O2)cc1. The monoisotopic (exact) mass is 662 g/mol. The molecule has 1 atom stereocenters. The normalized spacial score (nSPS) is 14.7. The van der Waals surface area contributed by atoms with E-state index in [1.165, 1.54) is 44.9 Å². The Kier molecular flexibility index (Phi) is 20.3. The van der Waals surface area contributed by atoms with Crippen LogP contribution in [0.15, 0.2) is 53.7 Å². The molecule has 12 heteroatoms. The minimum atomic E-state index is -3.45. The Hall–Kier alpha value is -3.22. The number of carbonyl (C=O) groups excluding carboxylic acids is 2. The van der Waals surface area contributed by atoms with E-state index in [0.29, 0.717) is 57.1 Å². The van der Waals surface area contributed by atoms with Gasteiger partial charge in [-0.15, -0.1) is 5.10 Å². The fourth-order valence-corrected chi connectivity index (χ4v) is 4.96. The molecule has 258 valence electrons. The largest absolute Gasteiger partial charge is 0.436 e. The number of hydrazone groups is 1. The summed E-state index contributed by atoms with van der Waals surface area (Å²) in [5.74, 6) is -0.0507. The van der Waals surface area contributed by atoms with E-state index in [1.807, 2.05) is 0 Å². The van der Waals surface area contributed by atoms with Crippen molar-refractivity contribution in [2.24, 2.45) is 5.10 Å².